The Bertz CT molecular complexity index is 1140. The van der Waals surface area contributed by atoms with Gasteiger partial charge in [-0.05, 0) is 13.0 Å². The summed E-state index contributed by atoms with van der Waals surface area (Å²) >= 11 is 0. The molecule has 0 radical (unpaired) electrons. The maximum atomic E-state index is 12.7. The molecule has 0 spiro atoms. The molecule has 2 aromatic rings. The van der Waals surface area contributed by atoms with Gasteiger partial charge in [-0.2, -0.15) is 0 Å². The van der Waals surface area contributed by atoms with Gasteiger partial charge in [0.1, 0.15) is 29.6 Å². The van der Waals surface area contributed by atoms with Crippen molar-refractivity contribution in [3.05, 3.63) is 36.0 Å². The lowest BCUT2D eigenvalue weighted by molar-refractivity contribution is -0.140. The predicted octanol–water partition coefficient (Wildman–Crippen LogP) is 3.46. The minimum atomic E-state index is -1.25. The molecule has 1 unspecified atom stereocenters. The first kappa shape index (κ1) is 27.5. The summed E-state index contributed by atoms with van der Waals surface area (Å²) in [6.45, 7) is 1.71. The lowest BCUT2D eigenvalue weighted by Crippen LogP contribution is -2.17. The molecule has 1 atom stereocenters. The smallest absolute Gasteiger partial charge is 0.310 e. The number of carboxylic acid groups (broad SMARTS) is 1. The van der Waals surface area contributed by atoms with Crippen LogP contribution in [0.15, 0.2) is 30.5 Å². The van der Waals surface area contributed by atoms with Crippen molar-refractivity contribution in [1.82, 2.24) is 4.57 Å². The first-order chi connectivity index (χ1) is 16.6. The van der Waals surface area contributed by atoms with Gasteiger partial charge in [-0.25, -0.2) is 0 Å². The van der Waals surface area contributed by atoms with Gasteiger partial charge in [-0.3, -0.25) is 33.6 Å². The van der Waals surface area contributed by atoms with Crippen LogP contribution in [0.1, 0.15) is 81.1 Å². The number of hydrogen-bond donors (Lipinski definition) is 1. The van der Waals surface area contributed by atoms with E-state index in [0.29, 0.717) is 5.56 Å². The number of aromatic nitrogens is 1. The minimum absolute atomic E-state index is 0.000805. The van der Waals surface area contributed by atoms with Crippen molar-refractivity contribution in [1.29, 1.82) is 0 Å². The number of Topliss-reactive ketones (excluding diaryl/α,β-unsaturated/α-hetero) is 5. The number of benzene rings is 1. The number of carbonyl (C=O) groups is 7. The van der Waals surface area contributed by atoms with Crippen LogP contribution in [0.5, 0.6) is 0 Å². The molecule has 0 aliphatic heterocycles. The predicted molar refractivity (Wildman–Crippen MR) is 126 cm³/mol. The second-order valence-corrected chi connectivity index (χ2v) is 8.49. The molecule has 0 bridgehead atoms. The van der Waals surface area contributed by atoms with Gasteiger partial charge < -0.3 is 9.67 Å². The lowest BCUT2D eigenvalue weighted by Gasteiger charge is -2.14. The van der Waals surface area contributed by atoms with Crippen molar-refractivity contribution in [3.63, 3.8) is 0 Å². The molecule has 35 heavy (non-hydrogen) atoms. The zero-order valence-electron chi connectivity index (χ0n) is 19.7. The van der Waals surface area contributed by atoms with Crippen LogP contribution in [0.2, 0.25) is 0 Å². The number of carbonyl (C=O) groups excluding carboxylic acids is 6. The highest BCUT2D eigenvalue weighted by atomic mass is 16.4. The maximum absolute atomic E-state index is 12.7. The molecule has 1 heterocycles. The third-order valence-corrected chi connectivity index (χ3v) is 5.83. The van der Waals surface area contributed by atoms with Crippen molar-refractivity contribution in [3.8, 4) is 0 Å². The highest BCUT2D eigenvalue weighted by molar-refractivity contribution is 5.99. The number of nitrogens with zero attached hydrogens (tertiary/aromatic N) is 1. The standard InChI is InChI=1S/C26H29NO8/c1-17(27-15-18(16-28)23-4-2-3-5-24(23)27)25(33)13-12-21(31)9-8-19(29)6-7-20(30)10-11-22(32)14-26(34)35/h2-5,15-17H,6-14H2,1H3,(H,34,35). The van der Waals surface area contributed by atoms with Crippen LogP contribution in [0.4, 0.5) is 0 Å². The molecule has 9 nitrogen and oxygen atoms in total. The summed E-state index contributed by atoms with van der Waals surface area (Å²) in [6, 6.07) is 6.70. The molecule has 1 aromatic heterocycles. The molecule has 0 amide bonds. The molecule has 2 rings (SSSR count). The van der Waals surface area contributed by atoms with Gasteiger partial charge in [-0.15, -0.1) is 0 Å². The van der Waals surface area contributed by atoms with Crippen molar-refractivity contribution >= 4 is 52.1 Å². The first-order valence-corrected chi connectivity index (χ1v) is 11.5. The Morgan fingerprint density at radius 1 is 0.800 bits per heavy atom. The highest BCUT2D eigenvalue weighted by Gasteiger charge is 2.20. The number of aliphatic carboxylic acids is 1. The van der Waals surface area contributed by atoms with Gasteiger partial charge in [0.2, 0.25) is 0 Å². The fraction of sp³-hybridized carbons (Fsp3) is 0.423. The molecule has 0 saturated carbocycles. The molecule has 1 N–H and O–H groups in total. The quantitative estimate of drug-likeness (QED) is 0.266. The van der Waals surface area contributed by atoms with Crippen LogP contribution in [-0.4, -0.2) is 50.8 Å². The van der Waals surface area contributed by atoms with Crippen molar-refractivity contribution in [2.24, 2.45) is 0 Å². The Kier molecular flexibility index (Phi) is 10.4. The Balaban J connectivity index is 1.72. The molecule has 0 saturated heterocycles. The number of ketones is 5. The average molecular weight is 484 g/mol. The van der Waals surface area contributed by atoms with E-state index >= 15 is 0 Å². The van der Waals surface area contributed by atoms with Gasteiger partial charge in [-0.1, -0.05) is 18.2 Å². The molecular formula is C26H29NO8. The highest BCUT2D eigenvalue weighted by Crippen LogP contribution is 2.25. The lowest BCUT2D eigenvalue weighted by atomic mass is 10.0. The van der Waals surface area contributed by atoms with Crippen molar-refractivity contribution in [2.75, 3.05) is 0 Å². The van der Waals surface area contributed by atoms with Crippen LogP contribution in [0.25, 0.3) is 10.9 Å². The van der Waals surface area contributed by atoms with Gasteiger partial charge in [0.05, 0.1) is 6.04 Å². The van der Waals surface area contributed by atoms with Gasteiger partial charge in [0.25, 0.3) is 0 Å². The summed E-state index contributed by atoms with van der Waals surface area (Å²) in [5.41, 5.74) is 1.24. The van der Waals surface area contributed by atoms with Crippen LogP contribution < -0.4 is 0 Å². The SMILES string of the molecule is CC(C(=O)CCC(=O)CCC(=O)CCC(=O)CCC(=O)CC(=O)O)n1cc(C=O)c2ccccc21. The number of para-hydroxylation sites is 1. The summed E-state index contributed by atoms with van der Waals surface area (Å²) in [5.74, 6) is -2.74. The summed E-state index contributed by atoms with van der Waals surface area (Å²) in [5, 5.41) is 9.27. The summed E-state index contributed by atoms with van der Waals surface area (Å²) in [4.78, 5) is 81.6. The fourth-order valence-corrected chi connectivity index (χ4v) is 3.74. The van der Waals surface area contributed by atoms with E-state index in [1.807, 2.05) is 18.2 Å². The maximum Gasteiger partial charge on any atom is 0.310 e. The van der Waals surface area contributed by atoms with Crippen LogP contribution in [0, 0.1) is 0 Å². The average Bonchev–Trinajstić information content (AvgIpc) is 3.21. The monoisotopic (exact) mass is 483 g/mol. The largest absolute Gasteiger partial charge is 0.481 e. The number of carboxylic acids is 1. The van der Waals surface area contributed by atoms with Crippen molar-refractivity contribution in [2.45, 2.75) is 70.8 Å². The Morgan fingerprint density at radius 2 is 1.29 bits per heavy atom. The molecular weight excluding hydrogens is 454 g/mol. The number of aldehydes is 1. The van der Waals surface area contributed by atoms with E-state index in [2.05, 4.69) is 0 Å². The Hall–Kier alpha value is -3.75. The third kappa shape index (κ3) is 8.51. The van der Waals surface area contributed by atoms with E-state index in [4.69, 9.17) is 5.11 Å². The van der Waals surface area contributed by atoms with Crippen LogP contribution in [0.3, 0.4) is 0 Å². The van der Waals surface area contributed by atoms with Gasteiger partial charge in [0, 0.05) is 74.0 Å². The fourth-order valence-electron chi connectivity index (χ4n) is 3.74. The van der Waals surface area contributed by atoms with E-state index in [1.165, 1.54) is 0 Å². The second-order valence-electron chi connectivity index (χ2n) is 8.49. The van der Waals surface area contributed by atoms with E-state index in [0.717, 1.165) is 17.2 Å². The topological polar surface area (TPSA) is 145 Å². The van der Waals surface area contributed by atoms with Crippen molar-refractivity contribution < 1.29 is 38.7 Å². The van der Waals surface area contributed by atoms with E-state index in [9.17, 15) is 33.6 Å². The van der Waals surface area contributed by atoms with Gasteiger partial charge in [0.15, 0.2) is 12.1 Å². The molecule has 186 valence electrons. The zero-order chi connectivity index (χ0) is 26.0. The summed E-state index contributed by atoms with van der Waals surface area (Å²) < 4.78 is 1.72. The number of hydrogen-bond acceptors (Lipinski definition) is 7. The third-order valence-electron chi connectivity index (χ3n) is 5.83. The van der Waals surface area contributed by atoms with Crippen LogP contribution >= 0.6 is 0 Å². The summed E-state index contributed by atoms with van der Waals surface area (Å²) in [6.07, 6.45) is 1.33. The van der Waals surface area contributed by atoms with E-state index < -0.39 is 24.2 Å². The van der Waals surface area contributed by atoms with E-state index in [1.54, 1.807) is 23.8 Å². The first-order valence-electron chi connectivity index (χ1n) is 11.5. The van der Waals surface area contributed by atoms with Gasteiger partial charge >= 0.3 is 5.97 Å². The normalized spacial score (nSPS) is 11.7. The minimum Gasteiger partial charge on any atom is -0.481 e. The Labute approximate surface area is 202 Å². The molecule has 0 aliphatic rings. The Morgan fingerprint density at radius 3 is 1.80 bits per heavy atom. The van der Waals surface area contributed by atoms with Crippen LogP contribution in [-0.2, 0) is 28.8 Å². The molecule has 0 aliphatic carbocycles. The number of rotatable bonds is 17. The van der Waals surface area contributed by atoms with E-state index in [-0.39, 0.29) is 74.5 Å². The molecule has 9 heteroatoms. The summed E-state index contributed by atoms with van der Waals surface area (Å²) in [7, 11) is 0. The number of fused-ring (bicyclic) bond motifs is 1. The molecule has 1 aromatic carbocycles. The second kappa shape index (κ2) is 13.2. The zero-order valence-corrected chi connectivity index (χ0v) is 19.7. The molecule has 0 fully saturated rings.